The van der Waals surface area contributed by atoms with Crippen molar-refractivity contribution in [3.05, 3.63) is 76.4 Å². The van der Waals surface area contributed by atoms with Crippen molar-refractivity contribution < 1.29 is 9.90 Å². The van der Waals surface area contributed by atoms with Gasteiger partial charge < -0.3 is 5.11 Å². The number of carboxylic acids is 1. The summed E-state index contributed by atoms with van der Waals surface area (Å²) in [4.78, 5) is 10.6. The summed E-state index contributed by atoms with van der Waals surface area (Å²) in [5.41, 5.74) is 7.44. The smallest absolute Gasteiger partial charge is 0.328 e. The molecule has 0 aromatic heterocycles. The number of carboxylic acid groups (broad SMARTS) is 1. The van der Waals surface area contributed by atoms with Crippen molar-refractivity contribution in [1.29, 1.82) is 0 Å². The lowest BCUT2D eigenvalue weighted by Crippen LogP contribution is -2.02. The number of hydrogen-bond acceptors (Lipinski definition) is 1. The molecule has 0 spiro atoms. The number of hydrogen-bond donors (Lipinski definition) is 1. The minimum atomic E-state index is -0.913. The van der Waals surface area contributed by atoms with Gasteiger partial charge in [-0.05, 0) is 62.3 Å². The zero-order valence-corrected chi connectivity index (χ0v) is 14.1. The molecule has 0 saturated heterocycles. The summed E-state index contributed by atoms with van der Waals surface area (Å²) < 4.78 is 0. The van der Waals surface area contributed by atoms with Crippen molar-refractivity contribution in [1.82, 2.24) is 0 Å². The van der Waals surface area contributed by atoms with E-state index in [2.05, 4.69) is 38.1 Å². The van der Waals surface area contributed by atoms with Crippen LogP contribution < -0.4 is 0 Å². The van der Waals surface area contributed by atoms with E-state index in [9.17, 15) is 4.79 Å². The Balaban J connectivity index is 2.18. The van der Waals surface area contributed by atoms with E-state index < -0.39 is 5.97 Å². The minimum absolute atomic E-state index is 0.729. The van der Waals surface area contributed by atoms with E-state index in [0.29, 0.717) is 0 Å². The van der Waals surface area contributed by atoms with Crippen molar-refractivity contribution in [2.45, 2.75) is 40.0 Å². The van der Waals surface area contributed by atoms with Gasteiger partial charge in [-0.2, -0.15) is 0 Å². The fourth-order valence-corrected chi connectivity index (χ4v) is 2.91. The quantitative estimate of drug-likeness (QED) is 0.609. The molecule has 2 nitrogen and oxygen atoms in total. The molecular weight excluding hydrogens is 284 g/mol. The molecule has 0 unspecified atom stereocenters. The monoisotopic (exact) mass is 308 g/mol. The van der Waals surface area contributed by atoms with E-state index in [1.165, 1.54) is 40.3 Å². The average Bonchev–Trinajstić information content (AvgIpc) is 2.46. The Morgan fingerprint density at radius 1 is 1.17 bits per heavy atom. The molecule has 120 valence electrons. The Bertz CT molecular complexity index is 715. The number of carbonyl (C=O) groups is 1. The summed E-state index contributed by atoms with van der Waals surface area (Å²) in [6.07, 6.45) is 12.7. The van der Waals surface area contributed by atoms with Crippen LogP contribution in [0.5, 0.6) is 0 Å². The molecule has 1 aliphatic carbocycles. The maximum atomic E-state index is 10.6. The van der Waals surface area contributed by atoms with E-state index in [0.717, 1.165) is 18.4 Å². The molecule has 1 N–H and O–H groups in total. The predicted molar refractivity (Wildman–Crippen MR) is 96.4 cm³/mol. The van der Waals surface area contributed by atoms with Crippen LogP contribution in [0, 0.1) is 6.92 Å². The van der Waals surface area contributed by atoms with Crippen molar-refractivity contribution in [3.8, 4) is 0 Å². The Morgan fingerprint density at radius 2 is 1.96 bits per heavy atom. The predicted octanol–water partition coefficient (Wildman–Crippen LogP) is 5.25. The third-order valence-electron chi connectivity index (χ3n) is 3.97. The van der Waals surface area contributed by atoms with Crippen LogP contribution in [0.25, 0.3) is 5.57 Å². The Kier molecular flexibility index (Phi) is 5.75. The summed E-state index contributed by atoms with van der Waals surface area (Å²) in [5, 5.41) is 8.69. The molecule has 2 heteroatoms. The molecule has 0 bridgehead atoms. The molecule has 0 amide bonds. The van der Waals surface area contributed by atoms with Crippen LogP contribution in [0.15, 0.2) is 59.7 Å². The lowest BCUT2D eigenvalue weighted by molar-refractivity contribution is -0.131. The third kappa shape index (κ3) is 5.10. The minimum Gasteiger partial charge on any atom is -0.478 e. The van der Waals surface area contributed by atoms with Crippen molar-refractivity contribution in [3.63, 3.8) is 0 Å². The summed E-state index contributed by atoms with van der Waals surface area (Å²) in [6.45, 7) is 6.00. The second-order valence-electron chi connectivity index (χ2n) is 6.18. The first kappa shape index (κ1) is 17.0. The summed E-state index contributed by atoms with van der Waals surface area (Å²) in [5.74, 6) is -0.913. The van der Waals surface area contributed by atoms with E-state index in [4.69, 9.17) is 5.11 Å². The number of allylic oxidation sites excluding steroid dienone is 7. The largest absolute Gasteiger partial charge is 0.478 e. The van der Waals surface area contributed by atoms with Crippen LogP contribution >= 0.6 is 0 Å². The second kappa shape index (κ2) is 7.77. The molecule has 2 rings (SSSR count). The Morgan fingerprint density at radius 3 is 2.70 bits per heavy atom. The first-order valence-electron chi connectivity index (χ1n) is 8.02. The van der Waals surface area contributed by atoms with Crippen molar-refractivity contribution in [2.75, 3.05) is 0 Å². The Labute approximate surface area is 138 Å². The first-order chi connectivity index (χ1) is 11.0. The van der Waals surface area contributed by atoms with Crippen LogP contribution in [0.3, 0.4) is 0 Å². The van der Waals surface area contributed by atoms with E-state index in [-0.39, 0.29) is 0 Å². The first-order valence-corrected chi connectivity index (χ1v) is 8.02. The van der Waals surface area contributed by atoms with Crippen LogP contribution in [0.2, 0.25) is 0 Å². The van der Waals surface area contributed by atoms with Gasteiger partial charge in [-0.15, -0.1) is 0 Å². The van der Waals surface area contributed by atoms with E-state index in [1.807, 2.05) is 18.2 Å². The fraction of sp³-hybridized carbons (Fsp3) is 0.286. The molecule has 1 aromatic rings. The molecule has 23 heavy (non-hydrogen) atoms. The van der Waals surface area contributed by atoms with Crippen molar-refractivity contribution >= 4 is 11.5 Å². The van der Waals surface area contributed by atoms with Gasteiger partial charge in [-0.3, -0.25) is 0 Å². The number of benzene rings is 1. The third-order valence-corrected chi connectivity index (χ3v) is 3.97. The molecule has 0 aliphatic heterocycles. The maximum absolute atomic E-state index is 10.6. The number of rotatable bonds is 4. The van der Waals surface area contributed by atoms with Crippen molar-refractivity contribution in [2.24, 2.45) is 0 Å². The lowest BCUT2D eigenvalue weighted by atomic mass is 9.85. The molecule has 0 fully saturated rings. The number of aliphatic carboxylic acids is 1. The van der Waals surface area contributed by atoms with E-state index in [1.54, 1.807) is 6.92 Å². The highest BCUT2D eigenvalue weighted by Gasteiger charge is 2.13. The highest BCUT2D eigenvalue weighted by molar-refractivity contribution is 5.81. The number of aryl methyl sites for hydroxylation is 2. The summed E-state index contributed by atoms with van der Waals surface area (Å²) in [7, 11) is 0. The SMILES string of the molecule is CC(=C/C=C/C(C)=C/C(=O)O)/C=C1\CCCc2cc(C)ccc21. The molecule has 1 aromatic carbocycles. The summed E-state index contributed by atoms with van der Waals surface area (Å²) >= 11 is 0. The average molecular weight is 308 g/mol. The van der Waals surface area contributed by atoms with Gasteiger partial charge in [0.1, 0.15) is 0 Å². The standard InChI is InChI=1S/C21H24O2/c1-15(6-4-7-16(2)14-21(22)23)12-18-8-5-9-19-13-17(3)10-11-20(18)19/h4,6-7,10-14H,5,8-9H2,1-3H3,(H,22,23)/b7-4+,15-6-,16-14+,18-12+. The zero-order chi connectivity index (χ0) is 16.8. The topological polar surface area (TPSA) is 37.3 Å². The molecular formula is C21H24O2. The number of fused-ring (bicyclic) bond motifs is 1. The van der Waals surface area contributed by atoms with Gasteiger partial charge in [0, 0.05) is 6.08 Å². The zero-order valence-electron chi connectivity index (χ0n) is 14.1. The highest BCUT2D eigenvalue weighted by Crippen LogP contribution is 2.32. The molecule has 0 radical (unpaired) electrons. The second-order valence-corrected chi connectivity index (χ2v) is 6.18. The van der Waals surface area contributed by atoms with Gasteiger partial charge in [0.05, 0.1) is 0 Å². The van der Waals surface area contributed by atoms with Gasteiger partial charge in [0.15, 0.2) is 0 Å². The molecule has 1 aliphatic rings. The lowest BCUT2D eigenvalue weighted by Gasteiger charge is -2.19. The summed E-state index contributed by atoms with van der Waals surface area (Å²) in [6, 6.07) is 6.71. The molecule has 0 saturated carbocycles. The van der Waals surface area contributed by atoms with Gasteiger partial charge in [0.25, 0.3) is 0 Å². The fourth-order valence-electron chi connectivity index (χ4n) is 2.91. The highest BCUT2D eigenvalue weighted by atomic mass is 16.4. The van der Waals surface area contributed by atoms with Gasteiger partial charge in [0.2, 0.25) is 0 Å². The molecule has 0 atom stereocenters. The normalized spacial score (nSPS) is 17.6. The molecule has 0 heterocycles. The maximum Gasteiger partial charge on any atom is 0.328 e. The van der Waals surface area contributed by atoms with Crippen LogP contribution in [-0.2, 0) is 11.2 Å². The van der Waals surface area contributed by atoms with E-state index >= 15 is 0 Å². The van der Waals surface area contributed by atoms with Crippen LogP contribution in [0.1, 0.15) is 43.4 Å². The Hall–Kier alpha value is -2.35. The van der Waals surface area contributed by atoms with Gasteiger partial charge in [-0.25, -0.2) is 4.79 Å². The van der Waals surface area contributed by atoms with Gasteiger partial charge in [-0.1, -0.05) is 53.6 Å². The van der Waals surface area contributed by atoms with Gasteiger partial charge >= 0.3 is 5.97 Å². The van der Waals surface area contributed by atoms with Crippen LogP contribution in [0.4, 0.5) is 0 Å². The van der Waals surface area contributed by atoms with Crippen LogP contribution in [-0.4, -0.2) is 11.1 Å².